The Morgan fingerprint density at radius 3 is 2.61 bits per heavy atom. The van der Waals surface area contributed by atoms with Gasteiger partial charge in [0.25, 0.3) is 11.8 Å². The number of allylic oxidation sites excluding steroid dienone is 1. The summed E-state index contributed by atoms with van der Waals surface area (Å²) in [5.74, 6) is 0.845. The Morgan fingerprint density at radius 2 is 1.82 bits per heavy atom. The third kappa shape index (κ3) is 5.76. The molecule has 4 rings (SSSR count). The zero-order chi connectivity index (χ0) is 23.0. The van der Waals surface area contributed by atoms with Crippen LogP contribution in [-0.4, -0.2) is 24.3 Å². The molecule has 166 valence electrons. The zero-order valence-corrected chi connectivity index (χ0v) is 17.8. The maximum absolute atomic E-state index is 12.9. The van der Waals surface area contributed by atoms with Crippen molar-refractivity contribution < 1.29 is 23.5 Å². The van der Waals surface area contributed by atoms with Gasteiger partial charge in [0.15, 0.2) is 11.5 Å². The highest BCUT2D eigenvalue weighted by molar-refractivity contribution is 6.06. The number of nitrogens with zero attached hydrogens (tertiary/aromatic N) is 1. The van der Waals surface area contributed by atoms with Crippen LogP contribution in [0.1, 0.15) is 28.6 Å². The summed E-state index contributed by atoms with van der Waals surface area (Å²) >= 11 is 0. The van der Waals surface area contributed by atoms with E-state index in [4.69, 9.17) is 13.9 Å². The number of rotatable bonds is 7. The summed E-state index contributed by atoms with van der Waals surface area (Å²) in [5, 5.41) is 6.74. The molecule has 8 nitrogen and oxygen atoms in total. The lowest BCUT2D eigenvalue weighted by Gasteiger charge is -2.10. The van der Waals surface area contributed by atoms with E-state index in [2.05, 4.69) is 15.8 Å². The monoisotopic (exact) mass is 443 g/mol. The van der Waals surface area contributed by atoms with Crippen LogP contribution < -0.4 is 20.2 Å². The fraction of sp³-hybridized carbons (Fsp3) is 0.0800. The van der Waals surface area contributed by atoms with E-state index in [9.17, 15) is 9.59 Å². The van der Waals surface area contributed by atoms with Crippen molar-refractivity contribution in [2.75, 3.05) is 6.79 Å². The van der Waals surface area contributed by atoms with Crippen molar-refractivity contribution in [1.82, 2.24) is 10.7 Å². The number of hydrogen-bond donors (Lipinski definition) is 2. The van der Waals surface area contributed by atoms with Crippen molar-refractivity contribution in [3.63, 3.8) is 0 Å². The smallest absolute Gasteiger partial charge is 0.287 e. The third-order valence-corrected chi connectivity index (χ3v) is 4.60. The predicted octanol–water partition coefficient (Wildman–Crippen LogP) is 3.98. The molecule has 0 atom stereocenters. The highest BCUT2D eigenvalue weighted by Gasteiger charge is 2.17. The molecule has 2 N–H and O–H groups in total. The molecule has 0 spiro atoms. The van der Waals surface area contributed by atoms with Crippen molar-refractivity contribution in [2.24, 2.45) is 5.10 Å². The fourth-order valence-corrected chi connectivity index (χ4v) is 2.94. The van der Waals surface area contributed by atoms with Gasteiger partial charge in [-0.3, -0.25) is 9.59 Å². The quantitative estimate of drug-likeness (QED) is 0.327. The van der Waals surface area contributed by atoms with Crippen LogP contribution in [0.25, 0.3) is 12.2 Å². The van der Waals surface area contributed by atoms with Crippen LogP contribution in [0.15, 0.2) is 88.2 Å². The molecule has 1 aliphatic heterocycles. The Hall–Kier alpha value is -4.59. The van der Waals surface area contributed by atoms with Gasteiger partial charge in [-0.2, -0.15) is 5.10 Å². The summed E-state index contributed by atoms with van der Waals surface area (Å²) in [4.78, 5) is 25.6. The lowest BCUT2D eigenvalue weighted by atomic mass is 10.1. The van der Waals surface area contributed by atoms with E-state index in [1.807, 2.05) is 0 Å². The molecule has 0 saturated heterocycles. The minimum absolute atomic E-state index is 0.0225. The van der Waals surface area contributed by atoms with Crippen LogP contribution in [0.4, 0.5) is 0 Å². The predicted molar refractivity (Wildman–Crippen MR) is 123 cm³/mol. The highest BCUT2D eigenvalue weighted by atomic mass is 16.7. The highest BCUT2D eigenvalue weighted by Crippen LogP contribution is 2.33. The molecule has 0 unspecified atom stereocenters. The van der Waals surface area contributed by atoms with Gasteiger partial charge in [0.05, 0.1) is 12.0 Å². The molecule has 0 radical (unpaired) electrons. The first kappa shape index (κ1) is 21.6. The average molecular weight is 443 g/mol. The number of furan rings is 1. The van der Waals surface area contributed by atoms with Gasteiger partial charge in [0.2, 0.25) is 6.79 Å². The van der Waals surface area contributed by atoms with Crippen molar-refractivity contribution in [3.05, 3.63) is 95.6 Å². The molecule has 2 heterocycles. The Kier molecular flexibility index (Phi) is 6.65. The third-order valence-electron chi connectivity index (χ3n) is 4.60. The van der Waals surface area contributed by atoms with E-state index in [-0.39, 0.29) is 12.5 Å². The molecule has 33 heavy (non-hydrogen) atoms. The number of hydrogen-bond acceptors (Lipinski definition) is 6. The first-order chi connectivity index (χ1) is 16.1. The number of hydrazone groups is 1. The molecule has 2 amide bonds. The van der Waals surface area contributed by atoms with E-state index in [1.54, 1.807) is 92.1 Å². The molecule has 1 aromatic heterocycles. The molecule has 2 aromatic carbocycles. The molecule has 0 bridgehead atoms. The van der Waals surface area contributed by atoms with E-state index >= 15 is 0 Å². The van der Waals surface area contributed by atoms with Crippen LogP contribution in [0.5, 0.6) is 11.5 Å². The fourth-order valence-electron chi connectivity index (χ4n) is 2.94. The molecule has 0 fully saturated rings. The summed E-state index contributed by atoms with van der Waals surface area (Å²) in [6.07, 6.45) is 6.53. The number of benzene rings is 2. The average Bonchev–Trinajstić information content (AvgIpc) is 3.53. The molecule has 0 saturated carbocycles. The van der Waals surface area contributed by atoms with Crippen molar-refractivity contribution >= 4 is 29.7 Å². The molecule has 1 aliphatic rings. The Morgan fingerprint density at radius 1 is 1.00 bits per heavy atom. The number of fused-ring (bicyclic) bond motifs is 1. The first-order valence-corrected chi connectivity index (χ1v) is 10.1. The van der Waals surface area contributed by atoms with E-state index in [0.29, 0.717) is 34.1 Å². The van der Waals surface area contributed by atoms with Crippen molar-refractivity contribution in [3.8, 4) is 11.5 Å². The minimum Gasteiger partial charge on any atom is -0.465 e. The van der Waals surface area contributed by atoms with Gasteiger partial charge in [0.1, 0.15) is 11.5 Å². The second-order valence-corrected chi connectivity index (χ2v) is 7.03. The van der Waals surface area contributed by atoms with Crippen molar-refractivity contribution in [2.45, 2.75) is 6.92 Å². The zero-order valence-electron chi connectivity index (χ0n) is 17.8. The molecular weight excluding hydrogens is 422 g/mol. The van der Waals surface area contributed by atoms with Gasteiger partial charge >= 0.3 is 0 Å². The minimum atomic E-state index is -0.581. The SMILES string of the molecule is CC(/C=C/c1ccco1)=N/NC(=O)/C(=C\c1ccc2c(c1)OCO2)NC(=O)c1ccccc1. The summed E-state index contributed by atoms with van der Waals surface area (Å²) in [6, 6.07) is 17.4. The Labute approximate surface area is 190 Å². The van der Waals surface area contributed by atoms with E-state index in [0.717, 1.165) is 0 Å². The maximum Gasteiger partial charge on any atom is 0.287 e. The number of ether oxygens (including phenoxy) is 2. The van der Waals surface area contributed by atoms with Crippen LogP contribution in [0, 0.1) is 0 Å². The normalized spacial score (nSPS) is 13.2. The largest absolute Gasteiger partial charge is 0.465 e. The second kappa shape index (κ2) is 10.1. The number of carbonyl (C=O) groups is 2. The number of carbonyl (C=O) groups excluding carboxylic acids is 2. The van der Waals surface area contributed by atoms with Crippen LogP contribution >= 0.6 is 0 Å². The van der Waals surface area contributed by atoms with Gasteiger partial charge in [-0.25, -0.2) is 5.43 Å². The summed E-state index contributed by atoms with van der Waals surface area (Å²) in [6.45, 7) is 1.86. The van der Waals surface area contributed by atoms with Crippen LogP contribution in [0.2, 0.25) is 0 Å². The summed E-state index contributed by atoms with van der Waals surface area (Å²) in [7, 11) is 0. The lowest BCUT2D eigenvalue weighted by molar-refractivity contribution is -0.117. The van der Waals surface area contributed by atoms with Crippen molar-refractivity contribution in [1.29, 1.82) is 0 Å². The van der Waals surface area contributed by atoms with Gasteiger partial charge in [-0.1, -0.05) is 24.3 Å². The molecule has 3 aromatic rings. The number of nitrogens with one attached hydrogen (secondary N) is 2. The summed E-state index contributed by atoms with van der Waals surface area (Å²) in [5.41, 5.74) is 4.10. The van der Waals surface area contributed by atoms with Gasteiger partial charge in [-0.15, -0.1) is 0 Å². The molecule has 8 heteroatoms. The van der Waals surface area contributed by atoms with Gasteiger partial charge in [0, 0.05) is 5.56 Å². The van der Waals surface area contributed by atoms with Gasteiger partial charge in [-0.05, 0) is 67.1 Å². The summed E-state index contributed by atoms with van der Waals surface area (Å²) < 4.78 is 15.9. The lowest BCUT2D eigenvalue weighted by Crippen LogP contribution is -2.33. The van der Waals surface area contributed by atoms with E-state index < -0.39 is 11.8 Å². The van der Waals surface area contributed by atoms with E-state index in [1.165, 1.54) is 0 Å². The van der Waals surface area contributed by atoms with Crippen LogP contribution in [0.3, 0.4) is 0 Å². The molecule has 0 aliphatic carbocycles. The van der Waals surface area contributed by atoms with Gasteiger partial charge < -0.3 is 19.2 Å². The first-order valence-electron chi connectivity index (χ1n) is 10.1. The topological polar surface area (TPSA) is 102 Å². The Balaban J connectivity index is 1.54. The Bertz CT molecular complexity index is 1230. The number of amides is 2. The maximum atomic E-state index is 12.9. The van der Waals surface area contributed by atoms with Crippen LogP contribution in [-0.2, 0) is 4.79 Å². The molecular formula is C25H21N3O5. The second-order valence-electron chi connectivity index (χ2n) is 7.03. The standard InChI is InChI=1S/C25H21N3O5/c1-17(9-11-20-8-5-13-31-20)27-28-25(30)21(26-24(29)19-6-3-2-4-7-19)14-18-10-12-22-23(15-18)33-16-32-22/h2-15H,16H2,1H3,(H,26,29)(H,28,30)/b11-9+,21-14+,27-17-.